The number of aliphatic hydroxyl groups is 2. The Bertz CT molecular complexity index is 580. The SMILES string of the molecule is CCc1cn([C@@H]2O[C@H](CO)C(O)[C@@H]2OC)c(=O)[nH]c1=O. The number of aliphatic hydroxyl groups excluding tert-OH is 2. The Morgan fingerprint density at radius 3 is 2.75 bits per heavy atom. The van der Waals surface area contributed by atoms with E-state index in [0.29, 0.717) is 12.0 Å². The molecule has 0 aliphatic carbocycles. The van der Waals surface area contributed by atoms with Crippen LogP contribution in [0.2, 0.25) is 0 Å². The number of aromatic nitrogens is 2. The fourth-order valence-electron chi connectivity index (χ4n) is 2.32. The molecule has 4 atom stereocenters. The van der Waals surface area contributed by atoms with E-state index in [2.05, 4.69) is 4.98 Å². The average molecular weight is 286 g/mol. The first-order valence-electron chi connectivity index (χ1n) is 6.35. The smallest absolute Gasteiger partial charge is 0.330 e. The van der Waals surface area contributed by atoms with Gasteiger partial charge in [-0.15, -0.1) is 0 Å². The summed E-state index contributed by atoms with van der Waals surface area (Å²) in [6, 6.07) is 0. The van der Waals surface area contributed by atoms with E-state index in [9.17, 15) is 14.7 Å². The lowest BCUT2D eigenvalue weighted by Gasteiger charge is -2.20. The quantitative estimate of drug-likeness (QED) is 0.612. The molecule has 1 aromatic rings. The van der Waals surface area contributed by atoms with Crippen molar-refractivity contribution in [1.29, 1.82) is 0 Å². The number of hydrogen-bond donors (Lipinski definition) is 3. The van der Waals surface area contributed by atoms with Crippen molar-refractivity contribution in [3.63, 3.8) is 0 Å². The molecule has 2 rings (SSSR count). The van der Waals surface area contributed by atoms with Gasteiger partial charge in [0.2, 0.25) is 0 Å². The van der Waals surface area contributed by atoms with Crippen molar-refractivity contribution >= 4 is 0 Å². The molecule has 1 aliphatic heterocycles. The summed E-state index contributed by atoms with van der Waals surface area (Å²) in [5.74, 6) is 0. The van der Waals surface area contributed by atoms with Gasteiger partial charge in [0, 0.05) is 18.9 Å². The standard InChI is InChI=1S/C12H18N2O6/c1-3-6-4-14(12(18)13-10(6)17)11-9(19-2)8(16)7(5-15)20-11/h4,7-9,11,15-16H,3,5H2,1-2H3,(H,13,17,18)/t7-,8?,9+,11-/m1/s1. The van der Waals surface area contributed by atoms with E-state index in [1.807, 2.05) is 0 Å². The van der Waals surface area contributed by atoms with Gasteiger partial charge >= 0.3 is 5.69 Å². The normalized spacial score (nSPS) is 29.8. The molecule has 0 spiro atoms. The monoisotopic (exact) mass is 286 g/mol. The van der Waals surface area contributed by atoms with Crippen LogP contribution in [-0.4, -0.2) is 51.8 Å². The highest BCUT2D eigenvalue weighted by Crippen LogP contribution is 2.30. The van der Waals surface area contributed by atoms with Crippen LogP contribution < -0.4 is 11.2 Å². The lowest BCUT2D eigenvalue weighted by Crippen LogP contribution is -2.39. The van der Waals surface area contributed by atoms with E-state index >= 15 is 0 Å². The van der Waals surface area contributed by atoms with Crippen molar-refractivity contribution in [2.45, 2.75) is 37.9 Å². The van der Waals surface area contributed by atoms with E-state index in [1.54, 1.807) is 6.92 Å². The van der Waals surface area contributed by atoms with Gasteiger partial charge in [0.15, 0.2) is 6.23 Å². The third-order valence-corrected chi connectivity index (χ3v) is 3.46. The fraction of sp³-hybridized carbons (Fsp3) is 0.667. The van der Waals surface area contributed by atoms with Crippen LogP contribution in [0, 0.1) is 0 Å². The van der Waals surface area contributed by atoms with Gasteiger partial charge in [-0.1, -0.05) is 6.92 Å². The zero-order valence-electron chi connectivity index (χ0n) is 11.3. The molecule has 1 saturated heterocycles. The zero-order valence-corrected chi connectivity index (χ0v) is 11.3. The third kappa shape index (κ3) is 2.42. The van der Waals surface area contributed by atoms with Crippen LogP contribution in [0.5, 0.6) is 0 Å². The summed E-state index contributed by atoms with van der Waals surface area (Å²) in [4.78, 5) is 25.6. The molecular formula is C12H18N2O6. The van der Waals surface area contributed by atoms with Crippen molar-refractivity contribution < 1.29 is 19.7 Å². The van der Waals surface area contributed by atoms with Crippen LogP contribution in [0.15, 0.2) is 15.8 Å². The summed E-state index contributed by atoms with van der Waals surface area (Å²) in [5.41, 5.74) is -0.671. The molecule has 1 unspecified atom stereocenters. The van der Waals surface area contributed by atoms with E-state index < -0.39 is 42.4 Å². The first kappa shape index (κ1) is 14.9. The van der Waals surface area contributed by atoms with Gasteiger partial charge in [-0.25, -0.2) is 4.79 Å². The van der Waals surface area contributed by atoms with Crippen LogP contribution in [0.1, 0.15) is 18.7 Å². The van der Waals surface area contributed by atoms with E-state index in [1.165, 1.54) is 17.9 Å². The zero-order chi connectivity index (χ0) is 14.9. The molecule has 1 fully saturated rings. The van der Waals surface area contributed by atoms with Crippen molar-refractivity contribution in [1.82, 2.24) is 9.55 Å². The number of ether oxygens (including phenoxy) is 2. The molecule has 3 N–H and O–H groups in total. The number of H-pyrrole nitrogens is 1. The molecule has 1 aliphatic rings. The number of aryl methyl sites for hydroxylation is 1. The summed E-state index contributed by atoms with van der Waals surface area (Å²) >= 11 is 0. The lowest BCUT2D eigenvalue weighted by atomic mass is 10.1. The maximum absolute atomic E-state index is 11.9. The van der Waals surface area contributed by atoms with Gasteiger partial charge < -0.3 is 19.7 Å². The molecule has 20 heavy (non-hydrogen) atoms. The maximum Gasteiger partial charge on any atom is 0.330 e. The predicted molar refractivity (Wildman–Crippen MR) is 68.5 cm³/mol. The Labute approximate surface area is 114 Å². The molecule has 8 nitrogen and oxygen atoms in total. The highest BCUT2D eigenvalue weighted by Gasteiger charge is 2.45. The van der Waals surface area contributed by atoms with Crippen molar-refractivity contribution in [2.75, 3.05) is 13.7 Å². The second-order valence-corrected chi connectivity index (χ2v) is 4.61. The third-order valence-electron chi connectivity index (χ3n) is 3.46. The van der Waals surface area contributed by atoms with Crippen LogP contribution >= 0.6 is 0 Å². The van der Waals surface area contributed by atoms with Gasteiger partial charge in [-0.3, -0.25) is 14.3 Å². The second-order valence-electron chi connectivity index (χ2n) is 4.61. The Morgan fingerprint density at radius 1 is 1.50 bits per heavy atom. The molecule has 0 amide bonds. The molecule has 2 heterocycles. The number of nitrogens with one attached hydrogen (secondary N) is 1. The highest BCUT2D eigenvalue weighted by atomic mass is 16.6. The summed E-state index contributed by atoms with van der Waals surface area (Å²) < 4.78 is 11.8. The highest BCUT2D eigenvalue weighted by molar-refractivity contribution is 5.05. The topological polar surface area (TPSA) is 114 Å². The van der Waals surface area contributed by atoms with E-state index in [-0.39, 0.29) is 0 Å². The van der Waals surface area contributed by atoms with Crippen LogP contribution in [0.4, 0.5) is 0 Å². The second kappa shape index (κ2) is 5.88. The Morgan fingerprint density at radius 2 is 2.20 bits per heavy atom. The van der Waals surface area contributed by atoms with Gasteiger partial charge in [0.1, 0.15) is 18.3 Å². The molecule has 1 aromatic heterocycles. The van der Waals surface area contributed by atoms with Crippen LogP contribution in [0.25, 0.3) is 0 Å². The fourth-order valence-corrected chi connectivity index (χ4v) is 2.32. The predicted octanol–water partition coefficient (Wildman–Crippen LogP) is -1.64. The van der Waals surface area contributed by atoms with E-state index in [4.69, 9.17) is 14.6 Å². The minimum Gasteiger partial charge on any atom is -0.394 e. The molecule has 0 saturated carbocycles. The summed E-state index contributed by atoms with van der Waals surface area (Å²) in [6.07, 6.45) is -1.76. The molecule has 8 heteroatoms. The number of rotatable bonds is 4. The minimum absolute atomic E-state index is 0.393. The molecule has 0 aromatic carbocycles. The minimum atomic E-state index is -1.06. The van der Waals surface area contributed by atoms with Crippen LogP contribution in [0.3, 0.4) is 0 Å². The number of aromatic amines is 1. The molecule has 112 valence electrons. The largest absolute Gasteiger partial charge is 0.394 e. The van der Waals surface area contributed by atoms with Crippen LogP contribution in [-0.2, 0) is 15.9 Å². The van der Waals surface area contributed by atoms with Crippen molar-refractivity contribution in [3.05, 3.63) is 32.6 Å². The molecule has 0 radical (unpaired) electrons. The summed E-state index contributed by atoms with van der Waals surface area (Å²) in [6.45, 7) is 1.39. The lowest BCUT2D eigenvalue weighted by molar-refractivity contribution is -0.0626. The van der Waals surface area contributed by atoms with Gasteiger partial charge in [-0.05, 0) is 6.42 Å². The maximum atomic E-state index is 11.9. The van der Waals surface area contributed by atoms with Gasteiger partial charge in [0.25, 0.3) is 5.56 Å². The summed E-state index contributed by atoms with van der Waals surface area (Å²) in [5, 5.41) is 19.1. The number of nitrogens with zero attached hydrogens (tertiary/aromatic N) is 1. The Hall–Kier alpha value is -1.48. The number of methoxy groups -OCH3 is 1. The Kier molecular flexibility index (Phi) is 4.39. The Balaban J connectivity index is 2.45. The van der Waals surface area contributed by atoms with Crippen molar-refractivity contribution in [3.8, 4) is 0 Å². The average Bonchev–Trinajstić information content (AvgIpc) is 2.75. The summed E-state index contributed by atoms with van der Waals surface area (Å²) in [7, 11) is 1.38. The van der Waals surface area contributed by atoms with E-state index in [0.717, 1.165) is 0 Å². The first-order valence-corrected chi connectivity index (χ1v) is 6.35. The van der Waals surface area contributed by atoms with Gasteiger partial charge in [0.05, 0.1) is 6.61 Å². The van der Waals surface area contributed by atoms with Gasteiger partial charge in [-0.2, -0.15) is 0 Å². The first-order chi connectivity index (χ1) is 9.53. The molecular weight excluding hydrogens is 268 g/mol. The number of hydrogen-bond acceptors (Lipinski definition) is 6. The molecule has 0 bridgehead atoms. The van der Waals surface area contributed by atoms with Crippen molar-refractivity contribution in [2.24, 2.45) is 0 Å².